The van der Waals surface area contributed by atoms with Gasteiger partial charge in [-0.25, -0.2) is 0 Å². The minimum absolute atomic E-state index is 0.0439. The van der Waals surface area contributed by atoms with Crippen molar-refractivity contribution in [1.29, 1.82) is 0 Å². The fraction of sp³-hybridized carbons (Fsp3) is 0.923. The SMILES string of the molecule is COC(=O)C(C)CS(=O)C1CCOC2(CCSC2)C1. The van der Waals surface area contributed by atoms with E-state index in [-0.39, 0.29) is 22.7 Å². The van der Waals surface area contributed by atoms with Gasteiger partial charge in [0, 0.05) is 34.2 Å². The maximum absolute atomic E-state index is 12.4. The summed E-state index contributed by atoms with van der Waals surface area (Å²) in [6.45, 7) is 2.48. The molecule has 0 aromatic carbocycles. The van der Waals surface area contributed by atoms with Gasteiger partial charge in [-0.05, 0) is 25.0 Å². The van der Waals surface area contributed by atoms with Gasteiger partial charge in [-0.2, -0.15) is 11.8 Å². The van der Waals surface area contributed by atoms with Gasteiger partial charge >= 0.3 is 5.97 Å². The van der Waals surface area contributed by atoms with Crippen LogP contribution in [-0.2, 0) is 25.1 Å². The van der Waals surface area contributed by atoms with Crippen molar-refractivity contribution < 1.29 is 18.5 Å². The van der Waals surface area contributed by atoms with Crippen molar-refractivity contribution in [2.75, 3.05) is 31.0 Å². The zero-order valence-corrected chi connectivity index (χ0v) is 13.2. The molecule has 0 saturated carbocycles. The van der Waals surface area contributed by atoms with E-state index in [1.165, 1.54) is 7.11 Å². The molecule has 4 nitrogen and oxygen atoms in total. The minimum Gasteiger partial charge on any atom is -0.469 e. The highest BCUT2D eigenvalue weighted by Crippen LogP contribution is 2.39. The van der Waals surface area contributed by atoms with Gasteiger partial charge in [-0.1, -0.05) is 6.92 Å². The van der Waals surface area contributed by atoms with E-state index in [4.69, 9.17) is 9.47 Å². The third-order valence-electron chi connectivity index (χ3n) is 3.90. The van der Waals surface area contributed by atoms with Crippen molar-refractivity contribution in [1.82, 2.24) is 0 Å². The molecule has 1 spiro atoms. The fourth-order valence-corrected chi connectivity index (χ4v) is 5.85. The number of hydrogen-bond acceptors (Lipinski definition) is 5. The number of esters is 1. The van der Waals surface area contributed by atoms with Gasteiger partial charge in [0.2, 0.25) is 0 Å². The average molecular weight is 306 g/mol. The van der Waals surface area contributed by atoms with E-state index in [1.54, 1.807) is 6.92 Å². The van der Waals surface area contributed by atoms with E-state index >= 15 is 0 Å². The molecule has 4 atom stereocenters. The van der Waals surface area contributed by atoms with Gasteiger partial charge in [0.15, 0.2) is 0 Å². The smallest absolute Gasteiger partial charge is 0.309 e. The molecule has 0 amide bonds. The van der Waals surface area contributed by atoms with Gasteiger partial charge in [0.1, 0.15) is 0 Å². The van der Waals surface area contributed by atoms with Gasteiger partial charge < -0.3 is 9.47 Å². The maximum atomic E-state index is 12.4. The Morgan fingerprint density at radius 1 is 1.63 bits per heavy atom. The lowest BCUT2D eigenvalue weighted by atomic mass is 9.93. The number of methoxy groups -OCH3 is 1. The van der Waals surface area contributed by atoms with Crippen molar-refractivity contribution in [3.63, 3.8) is 0 Å². The molecule has 2 heterocycles. The second kappa shape index (κ2) is 6.59. The van der Waals surface area contributed by atoms with Crippen LogP contribution in [0.5, 0.6) is 0 Å². The van der Waals surface area contributed by atoms with Crippen molar-refractivity contribution in [2.24, 2.45) is 5.92 Å². The summed E-state index contributed by atoms with van der Waals surface area (Å²) in [7, 11) is 0.405. The van der Waals surface area contributed by atoms with Crippen LogP contribution in [0.3, 0.4) is 0 Å². The molecule has 0 aliphatic carbocycles. The van der Waals surface area contributed by atoms with Crippen molar-refractivity contribution in [3.8, 4) is 0 Å². The summed E-state index contributed by atoms with van der Waals surface area (Å²) >= 11 is 1.92. The van der Waals surface area contributed by atoms with Gasteiger partial charge in [0.25, 0.3) is 0 Å². The molecule has 0 aromatic heterocycles. The highest BCUT2D eigenvalue weighted by molar-refractivity contribution is 7.99. The highest BCUT2D eigenvalue weighted by Gasteiger charge is 2.42. The molecular formula is C13H22O4S2. The highest BCUT2D eigenvalue weighted by atomic mass is 32.2. The number of thioether (sulfide) groups is 1. The van der Waals surface area contributed by atoms with E-state index in [9.17, 15) is 9.00 Å². The van der Waals surface area contributed by atoms with Crippen LogP contribution < -0.4 is 0 Å². The lowest BCUT2D eigenvalue weighted by molar-refractivity contribution is -0.144. The number of carbonyl (C=O) groups is 1. The molecule has 0 N–H and O–H groups in total. The van der Waals surface area contributed by atoms with Gasteiger partial charge in [0.05, 0.1) is 18.6 Å². The lowest BCUT2D eigenvalue weighted by Crippen LogP contribution is -2.44. The van der Waals surface area contributed by atoms with E-state index in [2.05, 4.69) is 0 Å². The molecule has 0 aromatic rings. The maximum Gasteiger partial charge on any atom is 0.309 e. The summed E-state index contributed by atoms with van der Waals surface area (Å²) < 4.78 is 23.0. The first-order valence-corrected chi connectivity index (χ1v) is 9.27. The monoisotopic (exact) mass is 306 g/mol. The molecule has 2 rings (SSSR count). The summed E-state index contributed by atoms with van der Waals surface area (Å²) in [5.74, 6) is 2.00. The molecule has 0 radical (unpaired) electrons. The van der Waals surface area contributed by atoms with E-state index in [0.717, 1.165) is 30.8 Å². The molecular weight excluding hydrogens is 284 g/mol. The van der Waals surface area contributed by atoms with Crippen LogP contribution >= 0.6 is 11.8 Å². The topological polar surface area (TPSA) is 52.6 Å². The summed E-state index contributed by atoms with van der Waals surface area (Å²) in [6.07, 6.45) is 2.78. The average Bonchev–Trinajstić information content (AvgIpc) is 2.85. The zero-order valence-electron chi connectivity index (χ0n) is 11.6. The molecule has 6 heteroatoms. The Labute approximate surface area is 121 Å². The predicted molar refractivity (Wildman–Crippen MR) is 77.8 cm³/mol. The number of rotatable bonds is 4. The summed E-state index contributed by atoms with van der Waals surface area (Å²) in [4.78, 5) is 11.4. The Bertz CT molecular complexity index is 353. The molecule has 2 aliphatic rings. The van der Waals surface area contributed by atoms with Crippen LogP contribution in [0.4, 0.5) is 0 Å². The van der Waals surface area contributed by atoms with Crippen LogP contribution in [0.2, 0.25) is 0 Å². The Morgan fingerprint density at radius 2 is 2.42 bits per heavy atom. The molecule has 2 saturated heterocycles. The van der Waals surface area contributed by atoms with E-state index < -0.39 is 10.8 Å². The number of hydrogen-bond donors (Lipinski definition) is 0. The van der Waals surface area contributed by atoms with Crippen LogP contribution in [0.25, 0.3) is 0 Å². The fourth-order valence-electron chi connectivity index (χ4n) is 2.72. The lowest BCUT2D eigenvalue weighted by Gasteiger charge is -2.37. The van der Waals surface area contributed by atoms with E-state index in [1.807, 2.05) is 11.8 Å². The summed E-state index contributed by atoms with van der Waals surface area (Å²) in [5, 5.41) is 0.166. The van der Waals surface area contributed by atoms with E-state index in [0.29, 0.717) is 12.4 Å². The normalized spacial score (nSPS) is 34.1. The Hall–Kier alpha value is -0.0700. The standard InChI is InChI=1S/C13H22O4S2/c1-10(12(14)16-2)8-19(15)11-3-5-17-13(7-11)4-6-18-9-13/h10-11H,3-9H2,1-2H3. The molecule has 110 valence electrons. The minimum atomic E-state index is -0.971. The van der Waals surface area contributed by atoms with Crippen LogP contribution in [-0.4, -0.2) is 52.0 Å². The Morgan fingerprint density at radius 3 is 3.05 bits per heavy atom. The molecule has 2 fully saturated rings. The predicted octanol–water partition coefficient (Wildman–Crippen LogP) is 1.60. The summed E-state index contributed by atoms with van der Waals surface area (Å²) in [6, 6.07) is 0. The molecule has 0 bridgehead atoms. The summed E-state index contributed by atoms with van der Waals surface area (Å²) in [5.41, 5.74) is -0.0439. The van der Waals surface area contributed by atoms with Gasteiger partial charge in [-0.3, -0.25) is 9.00 Å². The Kier molecular flexibility index (Phi) is 5.31. The largest absolute Gasteiger partial charge is 0.469 e. The van der Waals surface area contributed by atoms with Crippen LogP contribution in [0.1, 0.15) is 26.2 Å². The quantitative estimate of drug-likeness (QED) is 0.739. The second-order valence-corrected chi connectivity index (χ2v) is 8.29. The first-order chi connectivity index (χ1) is 9.06. The first-order valence-electron chi connectivity index (χ1n) is 6.73. The zero-order chi connectivity index (χ0) is 13.9. The Balaban J connectivity index is 1.90. The first kappa shape index (κ1) is 15.3. The van der Waals surface area contributed by atoms with Crippen LogP contribution in [0.15, 0.2) is 0 Å². The van der Waals surface area contributed by atoms with Crippen molar-refractivity contribution in [2.45, 2.75) is 37.0 Å². The molecule has 2 aliphatic heterocycles. The third-order valence-corrected chi connectivity index (χ3v) is 7.10. The van der Waals surface area contributed by atoms with Crippen molar-refractivity contribution in [3.05, 3.63) is 0 Å². The van der Waals surface area contributed by atoms with Crippen molar-refractivity contribution >= 4 is 28.5 Å². The number of ether oxygens (including phenoxy) is 2. The molecule has 4 unspecified atom stereocenters. The van der Waals surface area contributed by atoms with Crippen LogP contribution in [0, 0.1) is 5.92 Å². The second-order valence-electron chi connectivity index (χ2n) is 5.42. The van der Waals surface area contributed by atoms with Gasteiger partial charge in [-0.15, -0.1) is 0 Å². The number of carbonyl (C=O) groups excluding carboxylic acids is 1. The molecule has 19 heavy (non-hydrogen) atoms. The third kappa shape index (κ3) is 3.73.